The van der Waals surface area contributed by atoms with Gasteiger partial charge in [-0.1, -0.05) is 0 Å². The number of ether oxygens (including phenoxy) is 2. The van der Waals surface area contributed by atoms with Crippen molar-refractivity contribution >= 4 is 11.6 Å². The first-order chi connectivity index (χ1) is 11.7. The van der Waals surface area contributed by atoms with Gasteiger partial charge in [0.05, 0.1) is 14.2 Å². The van der Waals surface area contributed by atoms with Crippen molar-refractivity contribution in [2.75, 3.05) is 46.2 Å². The maximum absolute atomic E-state index is 12.1. The molecule has 6 heteroatoms. The lowest BCUT2D eigenvalue weighted by molar-refractivity contribution is -0.132. The van der Waals surface area contributed by atoms with E-state index in [1.54, 1.807) is 14.2 Å². The molecule has 24 heavy (non-hydrogen) atoms. The van der Waals surface area contributed by atoms with Crippen LogP contribution in [-0.4, -0.2) is 57.8 Å². The van der Waals surface area contributed by atoms with Crippen molar-refractivity contribution in [3.05, 3.63) is 18.2 Å². The van der Waals surface area contributed by atoms with E-state index >= 15 is 0 Å². The highest BCUT2D eigenvalue weighted by Crippen LogP contribution is 2.27. The SMILES string of the molecule is CNCCCC(=O)N1CCC(Nc2cc(OC)cc(OC)c2)CC1. The van der Waals surface area contributed by atoms with Crippen molar-refractivity contribution in [3.8, 4) is 11.5 Å². The largest absolute Gasteiger partial charge is 0.497 e. The van der Waals surface area contributed by atoms with Crippen LogP contribution in [0.4, 0.5) is 5.69 Å². The molecular weight excluding hydrogens is 306 g/mol. The van der Waals surface area contributed by atoms with E-state index < -0.39 is 0 Å². The van der Waals surface area contributed by atoms with Gasteiger partial charge in [-0.2, -0.15) is 0 Å². The topological polar surface area (TPSA) is 62.8 Å². The normalized spacial score (nSPS) is 15.2. The third-order valence-electron chi connectivity index (χ3n) is 4.39. The first kappa shape index (κ1) is 18.4. The molecule has 2 rings (SSSR count). The number of nitrogens with one attached hydrogen (secondary N) is 2. The summed E-state index contributed by atoms with van der Waals surface area (Å²) in [5.41, 5.74) is 0.991. The van der Waals surface area contributed by atoms with Gasteiger partial charge in [0, 0.05) is 49.4 Å². The van der Waals surface area contributed by atoms with Crippen molar-refractivity contribution < 1.29 is 14.3 Å². The van der Waals surface area contributed by atoms with Crippen molar-refractivity contribution in [1.82, 2.24) is 10.2 Å². The number of likely N-dealkylation sites (tertiary alicyclic amines) is 1. The number of piperidine rings is 1. The number of hydrogen-bond donors (Lipinski definition) is 2. The summed E-state index contributed by atoms with van der Waals surface area (Å²) in [5.74, 6) is 1.81. The van der Waals surface area contributed by atoms with E-state index in [1.807, 2.05) is 30.1 Å². The fraction of sp³-hybridized carbons (Fsp3) is 0.611. The predicted octanol–water partition coefficient (Wildman–Crippen LogP) is 2.11. The van der Waals surface area contributed by atoms with Crippen molar-refractivity contribution in [3.63, 3.8) is 0 Å². The summed E-state index contributed by atoms with van der Waals surface area (Å²) >= 11 is 0. The number of methoxy groups -OCH3 is 2. The highest BCUT2D eigenvalue weighted by atomic mass is 16.5. The average Bonchev–Trinajstić information content (AvgIpc) is 2.62. The third-order valence-corrected chi connectivity index (χ3v) is 4.39. The van der Waals surface area contributed by atoms with Crippen LogP contribution in [0.1, 0.15) is 25.7 Å². The van der Waals surface area contributed by atoms with Crippen LogP contribution in [0.2, 0.25) is 0 Å². The molecule has 1 aromatic rings. The summed E-state index contributed by atoms with van der Waals surface area (Å²) in [6.45, 7) is 2.52. The Hall–Kier alpha value is -1.95. The lowest BCUT2D eigenvalue weighted by atomic mass is 10.0. The molecule has 1 heterocycles. The first-order valence-electron chi connectivity index (χ1n) is 8.58. The van der Waals surface area contributed by atoms with Crippen LogP contribution in [0.5, 0.6) is 11.5 Å². The van der Waals surface area contributed by atoms with Crippen LogP contribution in [0.15, 0.2) is 18.2 Å². The Morgan fingerprint density at radius 2 is 1.79 bits per heavy atom. The van der Waals surface area contributed by atoms with Gasteiger partial charge < -0.3 is 25.0 Å². The van der Waals surface area contributed by atoms with Gasteiger partial charge in [-0.25, -0.2) is 0 Å². The minimum atomic E-state index is 0.270. The van der Waals surface area contributed by atoms with E-state index in [4.69, 9.17) is 9.47 Å². The maximum Gasteiger partial charge on any atom is 0.222 e. The summed E-state index contributed by atoms with van der Waals surface area (Å²) in [7, 11) is 5.21. The molecule has 0 atom stereocenters. The molecular formula is C18H29N3O3. The molecule has 1 fully saturated rings. The van der Waals surface area contributed by atoms with Gasteiger partial charge in [-0.15, -0.1) is 0 Å². The number of benzene rings is 1. The van der Waals surface area contributed by atoms with Crippen LogP contribution >= 0.6 is 0 Å². The number of amides is 1. The van der Waals surface area contributed by atoms with Crippen LogP contribution in [0.25, 0.3) is 0 Å². The Kier molecular flexibility index (Phi) is 7.18. The highest BCUT2D eigenvalue weighted by Gasteiger charge is 2.22. The molecule has 1 aliphatic heterocycles. The summed E-state index contributed by atoms with van der Waals surface area (Å²) in [5, 5.41) is 6.61. The predicted molar refractivity (Wildman–Crippen MR) is 95.9 cm³/mol. The maximum atomic E-state index is 12.1. The van der Waals surface area contributed by atoms with Crippen molar-refractivity contribution in [2.45, 2.75) is 31.7 Å². The number of hydrogen-bond acceptors (Lipinski definition) is 5. The van der Waals surface area contributed by atoms with E-state index in [-0.39, 0.29) is 5.91 Å². The minimum Gasteiger partial charge on any atom is -0.497 e. The van der Waals surface area contributed by atoms with Gasteiger partial charge in [0.25, 0.3) is 0 Å². The molecule has 0 aromatic heterocycles. The second kappa shape index (κ2) is 9.37. The Bertz CT molecular complexity index is 506. The first-order valence-corrected chi connectivity index (χ1v) is 8.58. The molecule has 0 aliphatic carbocycles. The Labute approximate surface area is 144 Å². The summed E-state index contributed by atoms with van der Waals surface area (Å²) < 4.78 is 10.6. The number of carbonyl (C=O) groups is 1. The molecule has 6 nitrogen and oxygen atoms in total. The second-order valence-electron chi connectivity index (χ2n) is 6.11. The summed E-state index contributed by atoms with van der Waals surface area (Å²) in [6, 6.07) is 6.16. The van der Waals surface area contributed by atoms with Crippen molar-refractivity contribution in [1.29, 1.82) is 0 Å². The van der Waals surface area contributed by atoms with Crippen LogP contribution in [-0.2, 0) is 4.79 Å². The van der Waals surface area contributed by atoms with Crippen LogP contribution < -0.4 is 20.1 Å². The lowest BCUT2D eigenvalue weighted by Gasteiger charge is -2.33. The molecule has 1 aromatic carbocycles. The van der Waals surface area contributed by atoms with Gasteiger partial charge in [-0.3, -0.25) is 4.79 Å². The van der Waals surface area contributed by atoms with Crippen LogP contribution in [0.3, 0.4) is 0 Å². The quantitative estimate of drug-likeness (QED) is 0.713. The smallest absolute Gasteiger partial charge is 0.222 e. The number of carbonyl (C=O) groups excluding carboxylic acids is 1. The fourth-order valence-electron chi connectivity index (χ4n) is 2.97. The van der Waals surface area contributed by atoms with Gasteiger partial charge in [0.15, 0.2) is 0 Å². The molecule has 0 bridgehead atoms. The van der Waals surface area contributed by atoms with Crippen LogP contribution in [0, 0.1) is 0 Å². The molecule has 0 unspecified atom stereocenters. The molecule has 2 N–H and O–H groups in total. The minimum absolute atomic E-state index is 0.270. The van der Waals surface area contributed by atoms with E-state index in [0.717, 1.165) is 56.1 Å². The number of anilines is 1. The standard InChI is InChI=1S/C18H29N3O3/c1-19-8-4-5-18(22)21-9-6-14(7-10-21)20-15-11-16(23-2)13-17(12-15)24-3/h11-14,19-20H,4-10H2,1-3H3. The monoisotopic (exact) mass is 335 g/mol. The molecule has 0 saturated carbocycles. The Balaban J connectivity index is 1.83. The van der Waals surface area contributed by atoms with Crippen molar-refractivity contribution in [2.24, 2.45) is 0 Å². The van der Waals surface area contributed by atoms with Gasteiger partial charge >= 0.3 is 0 Å². The number of nitrogens with zero attached hydrogens (tertiary/aromatic N) is 1. The zero-order valence-corrected chi connectivity index (χ0v) is 14.9. The summed E-state index contributed by atoms with van der Waals surface area (Å²) in [4.78, 5) is 14.1. The highest BCUT2D eigenvalue weighted by molar-refractivity contribution is 5.76. The van der Waals surface area contributed by atoms with Gasteiger partial charge in [0.1, 0.15) is 11.5 Å². The number of rotatable bonds is 8. The summed E-state index contributed by atoms with van der Waals surface area (Å²) in [6.07, 6.45) is 3.44. The van der Waals surface area contributed by atoms with E-state index in [0.29, 0.717) is 12.5 Å². The molecule has 134 valence electrons. The van der Waals surface area contributed by atoms with E-state index in [9.17, 15) is 4.79 Å². The molecule has 1 amide bonds. The second-order valence-corrected chi connectivity index (χ2v) is 6.11. The van der Waals surface area contributed by atoms with Gasteiger partial charge in [-0.05, 0) is 32.9 Å². The molecule has 1 saturated heterocycles. The molecule has 0 radical (unpaired) electrons. The third kappa shape index (κ3) is 5.30. The zero-order chi connectivity index (χ0) is 17.4. The molecule has 0 spiro atoms. The average molecular weight is 335 g/mol. The Morgan fingerprint density at radius 3 is 2.33 bits per heavy atom. The fourth-order valence-corrected chi connectivity index (χ4v) is 2.97. The zero-order valence-electron chi connectivity index (χ0n) is 14.9. The van der Waals surface area contributed by atoms with E-state index in [2.05, 4.69) is 10.6 Å². The van der Waals surface area contributed by atoms with Gasteiger partial charge in [0.2, 0.25) is 5.91 Å². The molecule has 1 aliphatic rings. The van der Waals surface area contributed by atoms with E-state index in [1.165, 1.54) is 0 Å². The Morgan fingerprint density at radius 1 is 1.17 bits per heavy atom. The lowest BCUT2D eigenvalue weighted by Crippen LogP contribution is -2.42.